The molecule has 0 radical (unpaired) electrons. The van der Waals surface area contributed by atoms with Crippen LogP contribution >= 0.6 is 0 Å². The van der Waals surface area contributed by atoms with Crippen LogP contribution in [0.1, 0.15) is 11.1 Å². The van der Waals surface area contributed by atoms with Crippen LogP contribution in [0.3, 0.4) is 0 Å². The molecular weight excluding hydrogens is 404 g/mol. The molecule has 0 fully saturated rings. The quantitative estimate of drug-likeness (QED) is 0.319. The summed E-state index contributed by atoms with van der Waals surface area (Å²) in [5.41, 5.74) is 1.46. The fraction of sp³-hybridized carbons (Fsp3) is 0.0909. The van der Waals surface area contributed by atoms with Crippen molar-refractivity contribution in [1.82, 2.24) is 8.96 Å². The lowest BCUT2D eigenvalue weighted by Crippen LogP contribution is -2.20. The van der Waals surface area contributed by atoms with E-state index in [1.54, 1.807) is 44.2 Å². The van der Waals surface area contributed by atoms with Crippen molar-refractivity contribution < 1.29 is 13.0 Å². The van der Waals surface area contributed by atoms with E-state index in [1.165, 1.54) is 18.2 Å². The molecule has 3 aromatic carbocycles. The van der Waals surface area contributed by atoms with Crippen LogP contribution < -0.4 is 10.9 Å². The number of H-pyrrole nitrogens is 1. The molecule has 2 heterocycles. The molecule has 0 spiro atoms. The van der Waals surface area contributed by atoms with Crippen LogP contribution in [0, 0.1) is 13.8 Å². The van der Waals surface area contributed by atoms with Crippen molar-refractivity contribution in [2.45, 2.75) is 13.8 Å². The lowest BCUT2D eigenvalue weighted by Gasteiger charge is -2.16. The van der Waals surface area contributed by atoms with Gasteiger partial charge in [0.05, 0.1) is 21.9 Å². The Morgan fingerprint density at radius 2 is 1.60 bits per heavy atom. The number of hydrogen-bond acceptors (Lipinski definition) is 4. The highest BCUT2D eigenvalue weighted by atomic mass is 32.2. The fourth-order valence-corrected chi connectivity index (χ4v) is 5.08. The van der Waals surface area contributed by atoms with Gasteiger partial charge in [-0.1, -0.05) is 18.2 Å². The number of para-hydroxylation sites is 1. The predicted molar refractivity (Wildman–Crippen MR) is 118 cm³/mol. The summed E-state index contributed by atoms with van der Waals surface area (Å²) in [6.07, 6.45) is 0. The van der Waals surface area contributed by atoms with E-state index in [0.29, 0.717) is 22.0 Å². The molecule has 0 amide bonds. The van der Waals surface area contributed by atoms with Crippen LogP contribution in [0.15, 0.2) is 58.1 Å². The largest absolute Gasteiger partial charge is 0.364 e. The van der Waals surface area contributed by atoms with Gasteiger partial charge in [-0.05, 0) is 55.3 Å². The predicted octanol–water partition coefficient (Wildman–Crippen LogP) is 3.42. The molecular formula is C22H16N2O5S. The minimum Gasteiger partial charge on any atom is -0.354 e. The smallest absolute Gasteiger partial charge is 0.354 e. The van der Waals surface area contributed by atoms with Gasteiger partial charge in [0, 0.05) is 21.7 Å². The van der Waals surface area contributed by atoms with Crippen molar-refractivity contribution in [3.8, 4) is 0 Å². The Morgan fingerprint density at radius 3 is 2.33 bits per heavy atom. The van der Waals surface area contributed by atoms with Crippen molar-refractivity contribution in [3.05, 3.63) is 80.1 Å². The number of aromatic amines is 1. The van der Waals surface area contributed by atoms with Crippen LogP contribution in [0.25, 0.3) is 43.6 Å². The number of hydrogen-bond donors (Lipinski definition) is 2. The minimum atomic E-state index is -4.77. The normalized spacial score (nSPS) is 12.4. The van der Waals surface area contributed by atoms with Gasteiger partial charge >= 0.3 is 10.3 Å². The zero-order valence-electron chi connectivity index (χ0n) is 16.1. The molecule has 30 heavy (non-hydrogen) atoms. The van der Waals surface area contributed by atoms with Crippen molar-refractivity contribution in [3.63, 3.8) is 0 Å². The standard InChI is InChI=1S/C22H16N2O5S/c1-11-7-8-14-18(9-11)24(30(27,28)29)20-12(2)19-17(10-15(20)21(14)25)23-16-6-4-3-5-13(16)22(19)26/h3-10H,1-2H3,(H,23,26)(H,27,28,29). The van der Waals surface area contributed by atoms with Gasteiger partial charge in [-0.15, -0.1) is 0 Å². The lowest BCUT2D eigenvalue weighted by atomic mass is 10.00. The molecule has 0 aliphatic carbocycles. The maximum absolute atomic E-state index is 13.2. The molecule has 0 aliphatic heterocycles. The maximum Gasteiger partial charge on any atom is 0.364 e. The summed E-state index contributed by atoms with van der Waals surface area (Å²) in [6, 6.07) is 13.2. The Labute approximate surface area is 170 Å². The van der Waals surface area contributed by atoms with E-state index in [9.17, 15) is 22.6 Å². The number of aryl methyl sites for hydroxylation is 2. The zero-order valence-corrected chi connectivity index (χ0v) is 16.9. The van der Waals surface area contributed by atoms with E-state index < -0.39 is 10.3 Å². The molecule has 0 unspecified atom stereocenters. The Morgan fingerprint density at radius 1 is 0.867 bits per heavy atom. The van der Waals surface area contributed by atoms with Crippen LogP contribution in [-0.4, -0.2) is 21.9 Å². The third-order valence-electron chi connectivity index (χ3n) is 5.51. The van der Waals surface area contributed by atoms with Gasteiger partial charge in [0.15, 0.2) is 10.9 Å². The van der Waals surface area contributed by atoms with Crippen LogP contribution in [-0.2, 0) is 10.3 Å². The van der Waals surface area contributed by atoms with Crippen molar-refractivity contribution in [2.75, 3.05) is 0 Å². The number of rotatable bonds is 1. The second-order valence-electron chi connectivity index (χ2n) is 7.41. The van der Waals surface area contributed by atoms with Gasteiger partial charge in [-0.3, -0.25) is 14.1 Å². The fourth-order valence-electron chi connectivity index (χ4n) is 4.21. The first-order valence-electron chi connectivity index (χ1n) is 9.20. The first-order valence-corrected chi connectivity index (χ1v) is 10.6. The molecule has 0 bridgehead atoms. The monoisotopic (exact) mass is 420 g/mol. The number of aromatic nitrogens is 2. The third-order valence-corrected chi connectivity index (χ3v) is 6.35. The Balaban J connectivity index is 2.19. The van der Waals surface area contributed by atoms with Crippen LogP contribution in [0.4, 0.5) is 0 Å². The summed E-state index contributed by atoms with van der Waals surface area (Å²) in [6.45, 7) is 3.34. The summed E-state index contributed by atoms with van der Waals surface area (Å²) >= 11 is 0. The summed E-state index contributed by atoms with van der Waals surface area (Å²) < 4.78 is 35.6. The molecule has 0 atom stereocenters. The van der Waals surface area contributed by atoms with Crippen molar-refractivity contribution in [1.29, 1.82) is 0 Å². The summed E-state index contributed by atoms with van der Waals surface area (Å²) in [7, 11) is -4.77. The molecule has 0 saturated heterocycles. The summed E-state index contributed by atoms with van der Waals surface area (Å²) in [5.74, 6) is 0. The highest BCUT2D eigenvalue weighted by Crippen LogP contribution is 2.29. The Bertz CT molecular complexity index is 1780. The number of fused-ring (bicyclic) bond motifs is 4. The zero-order chi connectivity index (χ0) is 21.4. The average Bonchev–Trinajstić information content (AvgIpc) is 2.68. The highest BCUT2D eigenvalue weighted by molar-refractivity contribution is 7.84. The van der Waals surface area contributed by atoms with E-state index in [4.69, 9.17) is 0 Å². The number of benzene rings is 3. The Hall–Kier alpha value is -3.49. The van der Waals surface area contributed by atoms with E-state index in [1.807, 2.05) is 0 Å². The molecule has 7 nitrogen and oxygen atoms in total. The van der Waals surface area contributed by atoms with Gasteiger partial charge in [-0.2, -0.15) is 8.42 Å². The molecule has 8 heteroatoms. The number of nitrogens with one attached hydrogen (secondary N) is 1. The van der Waals surface area contributed by atoms with Crippen LogP contribution in [0.5, 0.6) is 0 Å². The van der Waals surface area contributed by atoms with Gasteiger partial charge < -0.3 is 4.98 Å². The van der Waals surface area contributed by atoms with E-state index in [0.717, 1.165) is 9.54 Å². The maximum atomic E-state index is 13.2. The topological polar surface area (TPSA) is 109 Å². The summed E-state index contributed by atoms with van der Waals surface area (Å²) in [5, 5.41) is 0.974. The van der Waals surface area contributed by atoms with Crippen molar-refractivity contribution >= 4 is 53.9 Å². The molecule has 5 aromatic rings. The summed E-state index contributed by atoms with van der Waals surface area (Å²) in [4.78, 5) is 29.6. The van der Waals surface area contributed by atoms with Gasteiger partial charge in [0.2, 0.25) is 0 Å². The number of nitrogens with zero attached hydrogens (tertiary/aromatic N) is 1. The molecule has 2 aromatic heterocycles. The van der Waals surface area contributed by atoms with Gasteiger partial charge in [-0.25, -0.2) is 3.97 Å². The molecule has 5 rings (SSSR count). The second-order valence-corrected chi connectivity index (χ2v) is 8.67. The van der Waals surface area contributed by atoms with Crippen LogP contribution in [0.2, 0.25) is 0 Å². The second kappa shape index (κ2) is 6.01. The Kier molecular flexibility index (Phi) is 3.71. The molecule has 0 aliphatic rings. The third kappa shape index (κ3) is 2.44. The lowest BCUT2D eigenvalue weighted by molar-refractivity contribution is 0.476. The van der Waals surface area contributed by atoms with E-state index >= 15 is 0 Å². The van der Waals surface area contributed by atoms with Crippen molar-refractivity contribution in [2.24, 2.45) is 0 Å². The van der Waals surface area contributed by atoms with Gasteiger partial charge in [0.1, 0.15) is 0 Å². The first-order chi connectivity index (χ1) is 14.2. The minimum absolute atomic E-state index is 0.00567. The van der Waals surface area contributed by atoms with E-state index in [-0.39, 0.29) is 38.0 Å². The molecule has 0 saturated carbocycles. The first kappa shape index (κ1) is 18.5. The van der Waals surface area contributed by atoms with Gasteiger partial charge in [0.25, 0.3) is 0 Å². The molecule has 2 N–H and O–H groups in total. The molecule has 150 valence electrons. The average molecular weight is 420 g/mol. The number of pyridine rings is 2. The highest BCUT2D eigenvalue weighted by Gasteiger charge is 2.22. The van der Waals surface area contributed by atoms with E-state index in [2.05, 4.69) is 4.98 Å². The SMILES string of the molecule is Cc1ccc2c(=O)c3cc4[nH]c5ccccc5c(=O)c4c(C)c3n(S(=O)(=O)O)c2c1.